The number of fused-ring (bicyclic) bond motifs is 7. The third-order valence-corrected chi connectivity index (χ3v) is 14.3. The molecule has 0 unspecified atom stereocenters. The van der Waals surface area contributed by atoms with Gasteiger partial charge in [-0.05, 0) is 86.2 Å². The maximum atomic E-state index is 13.9. The average Bonchev–Trinajstić information content (AvgIpc) is 3.73. The normalized spacial score (nSPS) is 48.4. The van der Waals surface area contributed by atoms with E-state index in [0.717, 1.165) is 49.7 Å². The Bertz CT molecular complexity index is 1320. The van der Waals surface area contributed by atoms with Crippen LogP contribution in [0.2, 0.25) is 0 Å². The fourth-order valence-electron chi connectivity index (χ4n) is 11.0. The second-order valence-electron chi connectivity index (χ2n) is 17.9. The Labute approximate surface area is 310 Å². The lowest BCUT2D eigenvalue weighted by Gasteiger charge is -2.46. The van der Waals surface area contributed by atoms with E-state index in [1.807, 2.05) is 0 Å². The second-order valence-corrected chi connectivity index (χ2v) is 17.9. The van der Waals surface area contributed by atoms with Gasteiger partial charge in [0.15, 0.2) is 0 Å². The molecule has 8 bridgehead atoms. The number of aliphatic hydroxyl groups is 3. The number of ketones is 2. The molecular weight excluding hydrogens is 664 g/mol. The van der Waals surface area contributed by atoms with Crippen molar-refractivity contribution in [3.63, 3.8) is 0 Å². The molecule has 1 aliphatic carbocycles. The van der Waals surface area contributed by atoms with Crippen molar-refractivity contribution in [2.45, 2.75) is 184 Å². The van der Waals surface area contributed by atoms with Gasteiger partial charge in [-0.25, -0.2) is 0 Å². The minimum Gasteiger partial charge on any atom is -0.394 e. The molecule has 6 saturated heterocycles. The van der Waals surface area contributed by atoms with Crippen LogP contribution in [0.25, 0.3) is 0 Å². The molecule has 0 aromatic heterocycles. The summed E-state index contributed by atoms with van der Waals surface area (Å²) in [5, 5.41) is 31.6. The van der Waals surface area contributed by atoms with E-state index in [1.54, 1.807) is 0 Å². The van der Waals surface area contributed by atoms with E-state index in [4.69, 9.17) is 23.7 Å². The Balaban J connectivity index is 1.10. The monoisotopic (exact) mass is 728 g/mol. The first-order chi connectivity index (χ1) is 24.9. The van der Waals surface area contributed by atoms with Gasteiger partial charge < -0.3 is 39.0 Å². The smallest absolute Gasteiger partial charge is 0.135 e. The first-order valence-electron chi connectivity index (χ1n) is 20.5. The molecule has 7 rings (SSSR count). The zero-order valence-electron chi connectivity index (χ0n) is 31.6. The fraction of sp³-hybridized carbons (Fsp3) is 0.857. The van der Waals surface area contributed by atoms with Crippen LogP contribution in [0.1, 0.15) is 111 Å². The third kappa shape index (κ3) is 8.20. The minimum absolute atomic E-state index is 0.00155. The number of rotatable bonds is 3. The van der Waals surface area contributed by atoms with Crippen LogP contribution in [-0.4, -0.2) is 107 Å². The molecule has 10 heteroatoms. The molecule has 3 N–H and O–H groups in total. The number of aliphatic hydroxyl groups excluding tert-OH is 3. The molecule has 6 aliphatic heterocycles. The fourth-order valence-corrected chi connectivity index (χ4v) is 11.0. The van der Waals surface area contributed by atoms with Gasteiger partial charge in [-0.1, -0.05) is 33.9 Å². The zero-order chi connectivity index (χ0) is 36.8. The van der Waals surface area contributed by atoms with Crippen molar-refractivity contribution < 1.29 is 48.6 Å². The Hall–Kier alpha value is -1.50. The highest BCUT2D eigenvalue weighted by Gasteiger charge is 2.55. The van der Waals surface area contributed by atoms with E-state index in [-0.39, 0.29) is 109 Å². The largest absolute Gasteiger partial charge is 0.394 e. The number of ether oxygens (including phenoxy) is 5. The molecule has 10 nitrogen and oxygen atoms in total. The summed E-state index contributed by atoms with van der Waals surface area (Å²) in [4.78, 5) is 27.2. The maximum Gasteiger partial charge on any atom is 0.135 e. The van der Waals surface area contributed by atoms with Crippen LogP contribution >= 0.6 is 0 Å². The Morgan fingerprint density at radius 3 is 2.27 bits per heavy atom. The Morgan fingerprint density at radius 1 is 0.712 bits per heavy atom. The van der Waals surface area contributed by atoms with Crippen LogP contribution in [-0.2, 0) is 33.3 Å². The van der Waals surface area contributed by atoms with Crippen LogP contribution in [0.5, 0.6) is 0 Å². The lowest BCUT2D eigenvalue weighted by molar-refractivity contribution is -0.204. The lowest BCUT2D eigenvalue weighted by atomic mass is 9.70. The number of Topliss-reactive ketones (excluding diaryl/α,β-unsaturated/α-hetero) is 2. The van der Waals surface area contributed by atoms with Crippen molar-refractivity contribution in [3.05, 3.63) is 24.3 Å². The summed E-state index contributed by atoms with van der Waals surface area (Å²) < 4.78 is 32.9. The van der Waals surface area contributed by atoms with Gasteiger partial charge in [-0.2, -0.15) is 0 Å². The highest BCUT2D eigenvalue weighted by atomic mass is 16.6. The van der Waals surface area contributed by atoms with E-state index in [2.05, 4.69) is 33.9 Å². The molecule has 52 heavy (non-hydrogen) atoms. The molecule has 7 aliphatic rings. The van der Waals surface area contributed by atoms with E-state index < -0.39 is 18.3 Å². The quantitative estimate of drug-likeness (QED) is 0.339. The van der Waals surface area contributed by atoms with Crippen LogP contribution < -0.4 is 0 Å². The molecule has 1 saturated carbocycles. The summed E-state index contributed by atoms with van der Waals surface area (Å²) in [5.41, 5.74) is 2.13. The summed E-state index contributed by atoms with van der Waals surface area (Å²) in [6, 6.07) is 0. The summed E-state index contributed by atoms with van der Waals surface area (Å²) in [6.45, 7) is 14.8. The van der Waals surface area contributed by atoms with E-state index in [9.17, 15) is 24.9 Å². The van der Waals surface area contributed by atoms with Gasteiger partial charge >= 0.3 is 0 Å². The van der Waals surface area contributed by atoms with Crippen molar-refractivity contribution in [2.75, 3.05) is 6.61 Å². The predicted molar refractivity (Wildman–Crippen MR) is 193 cm³/mol. The average molecular weight is 729 g/mol. The molecule has 18 atom stereocenters. The maximum absolute atomic E-state index is 13.9. The van der Waals surface area contributed by atoms with Crippen LogP contribution in [0.4, 0.5) is 0 Å². The van der Waals surface area contributed by atoms with Crippen molar-refractivity contribution in [2.24, 2.45) is 35.5 Å². The van der Waals surface area contributed by atoms with Crippen LogP contribution in [0, 0.1) is 35.5 Å². The summed E-state index contributed by atoms with van der Waals surface area (Å²) in [5.74, 6) is 0.625. The molecule has 0 amide bonds. The topological polar surface area (TPSA) is 141 Å². The van der Waals surface area contributed by atoms with Gasteiger partial charge in [0.1, 0.15) is 17.7 Å². The zero-order valence-corrected chi connectivity index (χ0v) is 31.6. The van der Waals surface area contributed by atoms with Crippen molar-refractivity contribution in [3.8, 4) is 0 Å². The van der Waals surface area contributed by atoms with Crippen LogP contribution in [0.3, 0.4) is 0 Å². The highest BCUT2D eigenvalue weighted by Crippen LogP contribution is 2.48. The standard InChI is InChI=1S/C42H64O10/c1-21-12-31-9-11-34-22(2)13-30(48-34)8-7-27(44)17-37-25(5)41-42(52-37)40(47)33-15-26(6-10-35(33)51-41)14-28(45)16-32-24(4)36(18-29(46)20-43)50-39(32)19-38(49-31)23(21)3/h21,24-26,29-43,46-47H,2-3,6-20H2,1,4-5H3/t21-,24-,25+,26-,29+,30+,31+,32-,33+,34+,35+,36-,37-,38-,39+,40+,41+,42+/m1/s1. The second kappa shape index (κ2) is 16.3. The van der Waals surface area contributed by atoms with E-state index >= 15 is 0 Å². The Morgan fingerprint density at radius 2 is 1.48 bits per heavy atom. The first kappa shape index (κ1) is 38.8. The van der Waals surface area contributed by atoms with Gasteiger partial charge in [0.05, 0.1) is 73.8 Å². The highest BCUT2D eigenvalue weighted by molar-refractivity contribution is 5.79. The van der Waals surface area contributed by atoms with Crippen molar-refractivity contribution in [1.82, 2.24) is 0 Å². The molecule has 292 valence electrons. The van der Waals surface area contributed by atoms with Crippen molar-refractivity contribution >= 4 is 11.6 Å². The van der Waals surface area contributed by atoms with Crippen LogP contribution in [0.15, 0.2) is 24.3 Å². The van der Waals surface area contributed by atoms with Gasteiger partial charge in [-0.3, -0.25) is 9.59 Å². The molecule has 0 aromatic rings. The van der Waals surface area contributed by atoms with Gasteiger partial charge in [0, 0.05) is 50.4 Å². The van der Waals surface area contributed by atoms with Gasteiger partial charge in [-0.15, -0.1) is 0 Å². The number of carbonyl (C=O) groups excluding carboxylic acids is 2. The van der Waals surface area contributed by atoms with Gasteiger partial charge in [0.2, 0.25) is 0 Å². The molecule has 7 fully saturated rings. The van der Waals surface area contributed by atoms with E-state index in [0.29, 0.717) is 51.4 Å². The molecule has 0 radical (unpaired) electrons. The number of carbonyl (C=O) groups is 2. The minimum atomic E-state index is -0.879. The number of hydrogen-bond acceptors (Lipinski definition) is 10. The summed E-state index contributed by atoms with van der Waals surface area (Å²) in [7, 11) is 0. The summed E-state index contributed by atoms with van der Waals surface area (Å²) >= 11 is 0. The number of hydrogen-bond donors (Lipinski definition) is 3. The molecule has 0 spiro atoms. The SMILES string of the molecule is C=C1C[C@@H]2CCC(=O)C[C@H]3O[C@H]4[C@@H](O)[C@H]5C[C@H](CC[C@@H]5O[C@H]4[C@H]3C)CC(=O)C[C@@H]3[C@@H](C)[C@@H](C[C@H](O)CO)O[C@H]3C[C@H]3O[C@@H](CC[C@@H]1O2)C[C@@H](C)C3=C. The van der Waals surface area contributed by atoms with Crippen molar-refractivity contribution in [1.29, 1.82) is 0 Å². The molecule has 6 heterocycles. The predicted octanol–water partition coefficient (Wildman–Crippen LogP) is 5.03. The molecular formula is C42H64O10. The molecule has 0 aromatic carbocycles. The lowest BCUT2D eigenvalue weighted by Crippen LogP contribution is -2.55. The van der Waals surface area contributed by atoms with Gasteiger partial charge in [0.25, 0.3) is 0 Å². The first-order valence-corrected chi connectivity index (χ1v) is 20.5. The van der Waals surface area contributed by atoms with E-state index in [1.165, 1.54) is 0 Å². The summed E-state index contributed by atoms with van der Waals surface area (Å²) in [6.07, 6.45) is 5.31. The third-order valence-electron chi connectivity index (χ3n) is 14.3. The Kier molecular flexibility index (Phi) is 12.2.